The van der Waals surface area contributed by atoms with Gasteiger partial charge in [0.15, 0.2) is 0 Å². The zero-order chi connectivity index (χ0) is 10.3. The Hall–Kier alpha value is -1.06. The molecule has 0 fully saturated rings. The number of aryl methyl sites for hydroxylation is 1. The van der Waals surface area contributed by atoms with E-state index in [2.05, 4.69) is 0 Å². The number of rotatable bonds is 1. The number of phenolic OH excluding ortho intramolecular Hbond substituents is 1. The molecule has 1 rings (SSSR count). The summed E-state index contributed by atoms with van der Waals surface area (Å²) in [6.07, 6.45) is 0. The number of hydrogen-bond acceptors (Lipinski definition) is 3. The molecule has 13 heavy (non-hydrogen) atoms. The van der Waals surface area contributed by atoms with E-state index in [4.69, 9.17) is 16.6 Å². The molecule has 1 unspecified atom stereocenters. The van der Waals surface area contributed by atoms with Gasteiger partial charge in [-0.1, -0.05) is 17.7 Å². The van der Waals surface area contributed by atoms with Crippen LogP contribution in [0, 0.1) is 6.92 Å². The van der Waals surface area contributed by atoms with Gasteiger partial charge in [-0.2, -0.15) is 0 Å². The quantitative estimate of drug-likeness (QED) is 0.606. The maximum atomic E-state index is 8.76. The predicted octanol–water partition coefficient (Wildman–Crippen LogP) is 0.993. The van der Waals surface area contributed by atoms with Crippen molar-refractivity contribution in [3.63, 3.8) is 0 Å². The molecule has 0 bridgehead atoms. The third kappa shape index (κ3) is 7.31. The molecule has 74 valence electrons. The van der Waals surface area contributed by atoms with Gasteiger partial charge in [-0.25, -0.2) is 0 Å². The van der Waals surface area contributed by atoms with Crippen LogP contribution in [0.4, 0.5) is 0 Å². The molecule has 0 spiro atoms. The van der Waals surface area contributed by atoms with Crippen LogP contribution in [-0.2, 0) is 0 Å². The first-order valence-corrected chi connectivity index (χ1v) is 4.27. The minimum Gasteiger partial charge on any atom is -0.508 e. The Labute approximate surface area is 79.4 Å². The topological polar surface area (TPSA) is 72.3 Å². The minimum absolute atomic E-state index is 0.162. The molecule has 0 saturated heterocycles. The first kappa shape index (κ1) is 11.9. The summed E-state index contributed by atoms with van der Waals surface area (Å²) in [6, 6.07) is 7.25. The van der Waals surface area contributed by atoms with Gasteiger partial charge in [0.1, 0.15) is 5.75 Å². The van der Waals surface area contributed by atoms with Gasteiger partial charge in [0.2, 0.25) is 0 Å². The molecule has 0 aliphatic carbocycles. The summed E-state index contributed by atoms with van der Waals surface area (Å²) >= 11 is 0. The number of nitrogens with two attached hydrogens (primary N) is 2. The highest BCUT2D eigenvalue weighted by Gasteiger charge is 1.82. The predicted molar refractivity (Wildman–Crippen MR) is 55.5 cm³/mol. The van der Waals surface area contributed by atoms with Crippen LogP contribution in [-0.4, -0.2) is 17.7 Å². The summed E-state index contributed by atoms with van der Waals surface area (Å²) in [5, 5.41) is 8.76. The SMILES string of the molecule is CC(N)CN.Cc1ccc(O)cc1. The van der Waals surface area contributed by atoms with Crippen molar-refractivity contribution in [2.45, 2.75) is 19.9 Å². The Bertz CT molecular complexity index is 198. The van der Waals surface area contributed by atoms with Gasteiger partial charge in [-0.05, 0) is 26.0 Å². The van der Waals surface area contributed by atoms with Crippen LogP contribution in [0.5, 0.6) is 5.75 Å². The first-order chi connectivity index (χ1) is 6.06. The Morgan fingerprint density at radius 2 is 1.69 bits per heavy atom. The smallest absolute Gasteiger partial charge is 0.115 e. The van der Waals surface area contributed by atoms with Crippen LogP contribution in [0.1, 0.15) is 12.5 Å². The summed E-state index contributed by atoms with van der Waals surface area (Å²) in [4.78, 5) is 0. The van der Waals surface area contributed by atoms with Crippen LogP contribution in [0.25, 0.3) is 0 Å². The van der Waals surface area contributed by atoms with Crippen LogP contribution in [0.3, 0.4) is 0 Å². The molecule has 1 aromatic rings. The fourth-order valence-corrected chi connectivity index (χ4v) is 0.545. The molecule has 1 aromatic carbocycles. The lowest BCUT2D eigenvalue weighted by atomic mass is 10.2. The van der Waals surface area contributed by atoms with Crippen LogP contribution in [0.15, 0.2) is 24.3 Å². The van der Waals surface area contributed by atoms with E-state index in [0.717, 1.165) is 0 Å². The van der Waals surface area contributed by atoms with Gasteiger partial charge in [-0.15, -0.1) is 0 Å². The zero-order valence-corrected chi connectivity index (χ0v) is 8.20. The second-order valence-electron chi connectivity index (χ2n) is 3.05. The van der Waals surface area contributed by atoms with Crippen molar-refractivity contribution in [2.75, 3.05) is 6.54 Å². The second-order valence-corrected chi connectivity index (χ2v) is 3.05. The second kappa shape index (κ2) is 6.46. The molecular formula is C10H18N2O. The number of hydrogen-bond donors (Lipinski definition) is 3. The van der Waals surface area contributed by atoms with Crippen molar-refractivity contribution in [3.8, 4) is 5.75 Å². The highest BCUT2D eigenvalue weighted by atomic mass is 16.3. The van der Waals surface area contributed by atoms with Gasteiger partial charge in [0.25, 0.3) is 0 Å². The van der Waals surface area contributed by atoms with Gasteiger partial charge in [-0.3, -0.25) is 0 Å². The summed E-state index contributed by atoms with van der Waals surface area (Å²) in [7, 11) is 0. The molecule has 3 heteroatoms. The molecule has 5 N–H and O–H groups in total. The minimum atomic E-state index is 0.162. The van der Waals surface area contributed by atoms with Gasteiger partial charge in [0.05, 0.1) is 0 Å². The first-order valence-electron chi connectivity index (χ1n) is 4.27. The Morgan fingerprint density at radius 3 is 1.92 bits per heavy atom. The van der Waals surface area contributed by atoms with Crippen molar-refractivity contribution in [3.05, 3.63) is 29.8 Å². The normalized spacial score (nSPS) is 11.4. The van der Waals surface area contributed by atoms with Crippen molar-refractivity contribution < 1.29 is 5.11 Å². The lowest BCUT2D eigenvalue weighted by molar-refractivity contribution is 0.475. The van der Waals surface area contributed by atoms with E-state index in [1.165, 1.54) is 5.56 Å². The molecule has 1 atom stereocenters. The van der Waals surface area contributed by atoms with E-state index < -0.39 is 0 Å². The molecular weight excluding hydrogens is 164 g/mol. The summed E-state index contributed by atoms with van der Waals surface area (Å²) in [6.45, 7) is 4.44. The van der Waals surface area contributed by atoms with E-state index in [9.17, 15) is 0 Å². The van der Waals surface area contributed by atoms with Crippen molar-refractivity contribution >= 4 is 0 Å². The maximum absolute atomic E-state index is 8.76. The Morgan fingerprint density at radius 1 is 1.31 bits per heavy atom. The average molecular weight is 182 g/mol. The molecule has 0 aliphatic rings. The maximum Gasteiger partial charge on any atom is 0.115 e. The summed E-state index contributed by atoms with van der Waals surface area (Å²) < 4.78 is 0. The zero-order valence-electron chi connectivity index (χ0n) is 8.20. The van der Waals surface area contributed by atoms with Crippen LogP contribution >= 0.6 is 0 Å². The largest absolute Gasteiger partial charge is 0.508 e. The molecule has 3 nitrogen and oxygen atoms in total. The van der Waals surface area contributed by atoms with Crippen molar-refractivity contribution in [1.82, 2.24) is 0 Å². The summed E-state index contributed by atoms with van der Waals surface area (Å²) in [5.74, 6) is 0.329. The highest BCUT2D eigenvalue weighted by Crippen LogP contribution is 2.07. The molecule has 0 heterocycles. The number of benzene rings is 1. The summed E-state index contributed by atoms with van der Waals surface area (Å²) in [5.41, 5.74) is 11.4. The Balaban J connectivity index is 0.000000252. The monoisotopic (exact) mass is 182 g/mol. The standard InChI is InChI=1S/C7H8O.C3H10N2/c1-6-2-4-7(8)5-3-6;1-3(5)2-4/h2-5,8H,1H3;3H,2,4-5H2,1H3. The fourth-order valence-electron chi connectivity index (χ4n) is 0.545. The van der Waals surface area contributed by atoms with Crippen LogP contribution in [0.2, 0.25) is 0 Å². The molecule has 0 aliphatic heterocycles. The molecule has 0 amide bonds. The molecule has 0 saturated carbocycles. The van der Waals surface area contributed by atoms with E-state index in [-0.39, 0.29) is 6.04 Å². The third-order valence-electron chi connectivity index (χ3n) is 1.41. The van der Waals surface area contributed by atoms with Crippen molar-refractivity contribution in [2.24, 2.45) is 11.5 Å². The molecule has 0 radical (unpaired) electrons. The Kier molecular flexibility index (Phi) is 5.93. The van der Waals surface area contributed by atoms with E-state index in [1.54, 1.807) is 12.1 Å². The fraction of sp³-hybridized carbons (Fsp3) is 0.400. The molecule has 0 aromatic heterocycles. The van der Waals surface area contributed by atoms with E-state index >= 15 is 0 Å². The van der Waals surface area contributed by atoms with Gasteiger partial charge >= 0.3 is 0 Å². The lowest BCUT2D eigenvalue weighted by Crippen LogP contribution is -2.25. The average Bonchev–Trinajstić information content (AvgIpc) is 2.11. The highest BCUT2D eigenvalue weighted by molar-refractivity contribution is 5.24. The van der Waals surface area contributed by atoms with Crippen molar-refractivity contribution in [1.29, 1.82) is 0 Å². The van der Waals surface area contributed by atoms with Gasteiger partial charge < -0.3 is 16.6 Å². The van der Waals surface area contributed by atoms with Gasteiger partial charge in [0, 0.05) is 12.6 Å². The lowest BCUT2D eigenvalue weighted by Gasteiger charge is -1.92. The van der Waals surface area contributed by atoms with E-state index in [1.807, 2.05) is 26.0 Å². The van der Waals surface area contributed by atoms with E-state index in [0.29, 0.717) is 12.3 Å². The number of phenols is 1. The third-order valence-corrected chi connectivity index (χ3v) is 1.41. The number of aromatic hydroxyl groups is 1. The van der Waals surface area contributed by atoms with Crippen LogP contribution < -0.4 is 11.5 Å².